The van der Waals surface area contributed by atoms with Crippen LogP contribution in [0.25, 0.3) is 0 Å². The zero-order chi connectivity index (χ0) is 17.5. The predicted octanol–water partition coefficient (Wildman–Crippen LogP) is 3.70. The first-order valence-corrected chi connectivity index (χ1v) is 9.91. The van der Waals surface area contributed by atoms with Gasteiger partial charge in [-0.3, -0.25) is 9.69 Å². The number of carbonyl (C=O) groups excluding carboxylic acids is 1. The Kier molecular flexibility index (Phi) is 6.88. The highest BCUT2D eigenvalue weighted by Crippen LogP contribution is 2.17. The number of hydrogen-bond donors (Lipinski definition) is 0. The third kappa shape index (κ3) is 5.55. The van der Waals surface area contributed by atoms with E-state index in [2.05, 4.69) is 17.0 Å². The van der Waals surface area contributed by atoms with E-state index < -0.39 is 0 Å². The van der Waals surface area contributed by atoms with E-state index in [0.29, 0.717) is 6.10 Å². The van der Waals surface area contributed by atoms with E-state index >= 15 is 0 Å². The molecule has 1 amide bonds. The molecule has 2 saturated heterocycles. The molecule has 4 nitrogen and oxygen atoms in total. The van der Waals surface area contributed by atoms with Gasteiger partial charge in [0.05, 0.1) is 6.10 Å². The predicted molar refractivity (Wildman–Crippen MR) is 101 cm³/mol. The first-order valence-electron chi connectivity index (χ1n) is 9.91. The van der Waals surface area contributed by atoms with Crippen molar-refractivity contribution >= 4 is 5.91 Å². The van der Waals surface area contributed by atoms with Crippen LogP contribution in [-0.4, -0.2) is 55.1 Å². The van der Waals surface area contributed by atoms with Gasteiger partial charge in [0.15, 0.2) is 0 Å². The van der Waals surface area contributed by atoms with Crippen LogP contribution in [-0.2, 0) is 11.3 Å². The number of amides is 1. The maximum atomic E-state index is 12.6. The van der Waals surface area contributed by atoms with Crippen molar-refractivity contribution in [1.29, 1.82) is 0 Å². The van der Waals surface area contributed by atoms with Crippen molar-refractivity contribution in [1.82, 2.24) is 9.80 Å². The zero-order valence-electron chi connectivity index (χ0n) is 15.6. The van der Waals surface area contributed by atoms with E-state index in [1.165, 1.54) is 50.8 Å². The van der Waals surface area contributed by atoms with Gasteiger partial charge in [-0.2, -0.15) is 0 Å². The van der Waals surface area contributed by atoms with Crippen molar-refractivity contribution < 1.29 is 9.53 Å². The van der Waals surface area contributed by atoms with E-state index in [4.69, 9.17) is 4.74 Å². The third-order valence-electron chi connectivity index (χ3n) is 5.46. The summed E-state index contributed by atoms with van der Waals surface area (Å²) in [6.45, 7) is 5.04. The summed E-state index contributed by atoms with van der Waals surface area (Å²) < 4.78 is 5.76. The van der Waals surface area contributed by atoms with Crippen molar-refractivity contribution in [3.63, 3.8) is 0 Å². The molecular formula is C21H32N2O2. The SMILES string of the molecule is CN(CC[C@H]1CCCCO1)C(=O)c1ccc(CN2CCCCC2)cc1. The van der Waals surface area contributed by atoms with Crippen molar-refractivity contribution in [2.75, 3.05) is 33.3 Å². The summed E-state index contributed by atoms with van der Waals surface area (Å²) in [6, 6.07) is 8.18. The third-order valence-corrected chi connectivity index (χ3v) is 5.46. The van der Waals surface area contributed by atoms with Crippen LogP contribution in [0.2, 0.25) is 0 Å². The summed E-state index contributed by atoms with van der Waals surface area (Å²) in [4.78, 5) is 16.9. The lowest BCUT2D eigenvalue weighted by atomic mass is 10.1. The van der Waals surface area contributed by atoms with Crippen molar-refractivity contribution in [3.05, 3.63) is 35.4 Å². The second-order valence-electron chi connectivity index (χ2n) is 7.54. The molecule has 1 atom stereocenters. The Labute approximate surface area is 152 Å². The first kappa shape index (κ1) is 18.4. The fraction of sp³-hybridized carbons (Fsp3) is 0.667. The van der Waals surface area contributed by atoms with Crippen LogP contribution in [0.15, 0.2) is 24.3 Å². The molecule has 138 valence electrons. The largest absolute Gasteiger partial charge is 0.378 e. The summed E-state index contributed by atoms with van der Waals surface area (Å²) in [6.07, 6.45) is 8.81. The number of ether oxygens (including phenoxy) is 1. The number of piperidine rings is 1. The molecule has 0 spiro atoms. The Balaban J connectivity index is 1.47. The first-order chi connectivity index (χ1) is 12.2. The molecule has 2 aliphatic heterocycles. The Morgan fingerprint density at radius 2 is 1.88 bits per heavy atom. The molecule has 2 aliphatic rings. The molecule has 0 saturated carbocycles. The van der Waals surface area contributed by atoms with E-state index in [1.54, 1.807) is 0 Å². The molecule has 3 rings (SSSR count). The number of nitrogens with zero attached hydrogens (tertiary/aromatic N) is 2. The van der Waals surface area contributed by atoms with Gasteiger partial charge in [0.1, 0.15) is 0 Å². The molecule has 0 radical (unpaired) electrons. The maximum Gasteiger partial charge on any atom is 0.253 e. The summed E-state index contributed by atoms with van der Waals surface area (Å²) in [5, 5.41) is 0. The lowest BCUT2D eigenvalue weighted by molar-refractivity contribution is 0.00709. The fourth-order valence-electron chi connectivity index (χ4n) is 3.82. The topological polar surface area (TPSA) is 32.8 Å². The van der Waals surface area contributed by atoms with Crippen molar-refractivity contribution in [2.24, 2.45) is 0 Å². The second kappa shape index (κ2) is 9.35. The van der Waals surface area contributed by atoms with Crippen LogP contribution in [0.1, 0.15) is 60.9 Å². The molecule has 1 aromatic carbocycles. The smallest absolute Gasteiger partial charge is 0.253 e. The van der Waals surface area contributed by atoms with E-state index in [1.807, 2.05) is 24.1 Å². The van der Waals surface area contributed by atoms with E-state index in [0.717, 1.165) is 38.1 Å². The summed E-state index contributed by atoms with van der Waals surface area (Å²) in [5.41, 5.74) is 2.09. The lowest BCUT2D eigenvalue weighted by Gasteiger charge is -2.26. The monoisotopic (exact) mass is 344 g/mol. The minimum atomic E-state index is 0.111. The summed E-state index contributed by atoms with van der Waals surface area (Å²) in [7, 11) is 1.90. The van der Waals surface area contributed by atoms with Crippen LogP contribution in [0, 0.1) is 0 Å². The van der Waals surface area contributed by atoms with Gasteiger partial charge in [0.25, 0.3) is 5.91 Å². The van der Waals surface area contributed by atoms with Crippen molar-refractivity contribution in [2.45, 2.75) is 57.6 Å². The average molecular weight is 344 g/mol. The van der Waals surface area contributed by atoms with Gasteiger partial charge < -0.3 is 9.64 Å². The molecule has 2 fully saturated rings. The number of hydrogen-bond acceptors (Lipinski definition) is 3. The maximum absolute atomic E-state index is 12.6. The van der Waals surface area contributed by atoms with Gasteiger partial charge in [0.2, 0.25) is 0 Å². The van der Waals surface area contributed by atoms with E-state index in [9.17, 15) is 4.79 Å². The zero-order valence-corrected chi connectivity index (χ0v) is 15.6. The molecule has 0 bridgehead atoms. The Morgan fingerprint density at radius 1 is 1.12 bits per heavy atom. The van der Waals surface area contributed by atoms with Crippen LogP contribution in [0.3, 0.4) is 0 Å². The van der Waals surface area contributed by atoms with Crippen molar-refractivity contribution in [3.8, 4) is 0 Å². The highest BCUT2D eigenvalue weighted by Gasteiger charge is 2.17. The molecular weight excluding hydrogens is 312 g/mol. The summed E-state index contributed by atoms with van der Waals surface area (Å²) >= 11 is 0. The number of rotatable bonds is 6. The van der Waals surface area contributed by atoms with Gasteiger partial charge in [0, 0.05) is 32.3 Å². The van der Waals surface area contributed by atoms with E-state index in [-0.39, 0.29) is 5.91 Å². The lowest BCUT2D eigenvalue weighted by Crippen LogP contribution is -2.31. The second-order valence-corrected chi connectivity index (χ2v) is 7.54. The fourth-order valence-corrected chi connectivity index (χ4v) is 3.82. The normalized spacial score (nSPS) is 21.9. The minimum Gasteiger partial charge on any atom is -0.378 e. The Bertz CT molecular complexity index is 531. The van der Waals surface area contributed by atoms with Crippen LogP contribution in [0.5, 0.6) is 0 Å². The molecule has 25 heavy (non-hydrogen) atoms. The van der Waals surface area contributed by atoms with Gasteiger partial charge in [-0.1, -0.05) is 18.6 Å². The number of carbonyl (C=O) groups is 1. The molecule has 2 heterocycles. The van der Waals surface area contributed by atoms with Crippen LogP contribution < -0.4 is 0 Å². The minimum absolute atomic E-state index is 0.111. The highest BCUT2D eigenvalue weighted by molar-refractivity contribution is 5.94. The van der Waals surface area contributed by atoms with Gasteiger partial charge in [-0.15, -0.1) is 0 Å². The number of likely N-dealkylation sites (tertiary alicyclic amines) is 1. The highest BCUT2D eigenvalue weighted by atomic mass is 16.5. The molecule has 0 aromatic heterocycles. The number of benzene rings is 1. The molecule has 1 aromatic rings. The Morgan fingerprint density at radius 3 is 2.56 bits per heavy atom. The molecule has 0 unspecified atom stereocenters. The van der Waals surface area contributed by atoms with Gasteiger partial charge in [-0.05, 0) is 69.3 Å². The summed E-state index contributed by atoms with van der Waals surface area (Å²) in [5.74, 6) is 0.111. The quantitative estimate of drug-likeness (QED) is 0.789. The van der Waals surface area contributed by atoms with Gasteiger partial charge >= 0.3 is 0 Å². The van der Waals surface area contributed by atoms with Crippen LogP contribution >= 0.6 is 0 Å². The van der Waals surface area contributed by atoms with Crippen LogP contribution in [0.4, 0.5) is 0 Å². The molecule has 0 N–H and O–H groups in total. The molecule has 4 heteroatoms. The Hall–Kier alpha value is -1.39. The molecule has 0 aliphatic carbocycles. The van der Waals surface area contributed by atoms with Gasteiger partial charge in [-0.25, -0.2) is 0 Å². The standard InChI is InChI=1S/C21H32N2O2/c1-22(15-12-20-7-3-6-16-25-20)21(24)19-10-8-18(9-11-19)17-23-13-4-2-5-14-23/h8-11,20H,2-7,12-17H2,1H3/t20-/m1/s1. The average Bonchev–Trinajstić information content (AvgIpc) is 2.68.